The molecule has 2 rings (SSSR count). The highest BCUT2D eigenvalue weighted by atomic mass is 16.2. The van der Waals surface area contributed by atoms with Gasteiger partial charge in [0.1, 0.15) is 11.6 Å². The van der Waals surface area contributed by atoms with Crippen molar-refractivity contribution in [3.8, 4) is 0 Å². The Bertz CT molecular complexity index is 552. The van der Waals surface area contributed by atoms with Crippen molar-refractivity contribution >= 4 is 11.7 Å². The topological polar surface area (TPSA) is 61.4 Å². The number of nitrogens with zero attached hydrogens (tertiary/aromatic N) is 4. The van der Waals surface area contributed by atoms with Gasteiger partial charge in [-0.05, 0) is 20.3 Å². The molecule has 1 aliphatic rings. The molecule has 134 valence electrons. The van der Waals surface area contributed by atoms with Gasteiger partial charge in [0, 0.05) is 49.9 Å². The smallest absolute Gasteiger partial charge is 0.234 e. The fraction of sp³-hybridized carbons (Fsp3) is 0.722. The SMILES string of the molecule is CCC(C)NC(=O)CN1CCN(c2cc(C)nc(C(C)C)n2)CC1. The third-order valence-corrected chi connectivity index (χ3v) is 4.46. The second-order valence-electron chi connectivity index (χ2n) is 7.02. The van der Waals surface area contributed by atoms with Gasteiger partial charge in [-0.2, -0.15) is 0 Å². The molecule has 6 heteroatoms. The molecule has 6 nitrogen and oxygen atoms in total. The number of anilines is 1. The number of aryl methyl sites for hydroxylation is 1. The van der Waals surface area contributed by atoms with Gasteiger partial charge >= 0.3 is 0 Å². The second-order valence-corrected chi connectivity index (χ2v) is 7.02. The van der Waals surface area contributed by atoms with Crippen LogP contribution in [0.2, 0.25) is 0 Å². The molecule has 1 aromatic heterocycles. The molecule has 2 heterocycles. The molecule has 24 heavy (non-hydrogen) atoms. The van der Waals surface area contributed by atoms with E-state index in [4.69, 9.17) is 4.98 Å². The zero-order valence-corrected chi connectivity index (χ0v) is 15.7. The highest BCUT2D eigenvalue weighted by Crippen LogP contribution is 2.18. The van der Waals surface area contributed by atoms with Gasteiger partial charge in [0.05, 0.1) is 6.54 Å². The van der Waals surface area contributed by atoms with Crippen molar-refractivity contribution in [2.45, 2.75) is 53.0 Å². The number of carbonyl (C=O) groups excluding carboxylic acids is 1. The first kappa shape index (κ1) is 18.6. The lowest BCUT2D eigenvalue weighted by Gasteiger charge is -2.35. The fourth-order valence-corrected chi connectivity index (χ4v) is 2.76. The summed E-state index contributed by atoms with van der Waals surface area (Å²) in [5.41, 5.74) is 1.01. The minimum atomic E-state index is 0.123. The standard InChI is InChI=1S/C18H31N5O/c1-6-14(4)19-17(24)12-22-7-9-23(10-8-22)16-11-15(5)20-18(21-16)13(2)3/h11,13-14H,6-10,12H2,1-5H3,(H,19,24). The summed E-state index contributed by atoms with van der Waals surface area (Å²) < 4.78 is 0. The van der Waals surface area contributed by atoms with Gasteiger partial charge in [-0.25, -0.2) is 9.97 Å². The van der Waals surface area contributed by atoms with E-state index in [2.05, 4.69) is 46.9 Å². The Kier molecular flexibility index (Phi) is 6.54. The molecule has 0 radical (unpaired) electrons. The Morgan fingerprint density at radius 3 is 2.46 bits per heavy atom. The molecule has 1 aliphatic heterocycles. The van der Waals surface area contributed by atoms with Crippen LogP contribution in [-0.4, -0.2) is 59.5 Å². The monoisotopic (exact) mass is 333 g/mol. The number of rotatable bonds is 6. The lowest BCUT2D eigenvalue weighted by molar-refractivity contribution is -0.122. The maximum Gasteiger partial charge on any atom is 0.234 e. The average Bonchev–Trinajstić information content (AvgIpc) is 2.54. The number of hydrogen-bond acceptors (Lipinski definition) is 5. The fourth-order valence-electron chi connectivity index (χ4n) is 2.76. The zero-order chi connectivity index (χ0) is 17.7. The van der Waals surface area contributed by atoms with Crippen LogP contribution in [0.5, 0.6) is 0 Å². The lowest BCUT2D eigenvalue weighted by atomic mass is 10.2. The zero-order valence-electron chi connectivity index (χ0n) is 15.7. The third-order valence-electron chi connectivity index (χ3n) is 4.46. The number of carbonyl (C=O) groups is 1. The summed E-state index contributed by atoms with van der Waals surface area (Å²) in [6.07, 6.45) is 0.963. The molecule has 0 aliphatic carbocycles. The molecule has 0 spiro atoms. The van der Waals surface area contributed by atoms with Gasteiger partial charge in [0.15, 0.2) is 0 Å². The van der Waals surface area contributed by atoms with E-state index in [9.17, 15) is 4.79 Å². The van der Waals surface area contributed by atoms with Crippen LogP contribution in [-0.2, 0) is 4.79 Å². The Hall–Kier alpha value is -1.69. The summed E-state index contributed by atoms with van der Waals surface area (Å²) in [6, 6.07) is 2.30. The predicted molar refractivity (Wildman–Crippen MR) is 97.4 cm³/mol. The van der Waals surface area contributed by atoms with E-state index in [-0.39, 0.29) is 11.9 Å². The van der Waals surface area contributed by atoms with Crippen molar-refractivity contribution < 1.29 is 4.79 Å². The third kappa shape index (κ3) is 5.16. The van der Waals surface area contributed by atoms with Crippen LogP contribution in [0.15, 0.2) is 6.07 Å². The average molecular weight is 333 g/mol. The molecule has 1 N–H and O–H groups in total. The van der Waals surface area contributed by atoms with Crippen molar-refractivity contribution in [1.82, 2.24) is 20.2 Å². The van der Waals surface area contributed by atoms with Crippen LogP contribution >= 0.6 is 0 Å². The van der Waals surface area contributed by atoms with Crippen LogP contribution in [0.4, 0.5) is 5.82 Å². The van der Waals surface area contributed by atoms with Crippen LogP contribution in [0.25, 0.3) is 0 Å². The summed E-state index contributed by atoms with van der Waals surface area (Å²) >= 11 is 0. The quantitative estimate of drug-likeness (QED) is 0.862. The molecule has 1 amide bonds. The van der Waals surface area contributed by atoms with E-state index in [0.717, 1.165) is 49.9 Å². The predicted octanol–water partition coefficient (Wildman–Crippen LogP) is 1.95. The normalized spacial score (nSPS) is 17.2. The molecule has 0 aromatic carbocycles. The van der Waals surface area contributed by atoms with Crippen molar-refractivity contribution in [3.05, 3.63) is 17.6 Å². The number of aromatic nitrogens is 2. The highest BCUT2D eigenvalue weighted by molar-refractivity contribution is 5.78. The minimum absolute atomic E-state index is 0.123. The van der Waals surface area contributed by atoms with Crippen molar-refractivity contribution in [2.24, 2.45) is 0 Å². The van der Waals surface area contributed by atoms with E-state index in [1.54, 1.807) is 0 Å². The Morgan fingerprint density at radius 2 is 1.88 bits per heavy atom. The Labute approximate surface area is 145 Å². The lowest BCUT2D eigenvalue weighted by Crippen LogP contribution is -2.50. The molecular formula is C18H31N5O. The van der Waals surface area contributed by atoms with Crippen LogP contribution in [0.1, 0.15) is 51.6 Å². The van der Waals surface area contributed by atoms with Crippen molar-refractivity contribution in [3.63, 3.8) is 0 Å². The van der Waals surface area contributed by atoms with E-state index < -0.39 is 0 Å². The molecule has 1 saturated heterocycles. The summed E-state index contributed by atoms with van der Waals surface area (Å²) in [5, 5.41) is 3.03. The molecule has 0 bridgehead atoms. The van der Waals surface area contributed by atoms with E-state index >= 15 is 0 Å². The van der Waals surface area contributed by atoms with E-state index in [0.29, 0.717) is 12.5 Å². The maximum atomic E-state index is 12.0. The van der Waals surface area contributed by atoms with E-state index in [1.165, 1.54) is 0 Å². The van der Waals surface area contributed by atoms with Crippen LogP contribution in [0.3, 0.4) is 0 Å². The first-order valence-electron chi connectivity index (χ1n) is 9.01. The van der Waals surface area contributed by atoms with Crippen LogP contribution < -0.4 is 10.2 Å². The molecule has 1 atom stereocenters. The van der Waals surface area contributed by atoms with Crippen molar-refractivity contribution in [1.29, 1.82) is 0 Å². The van der Waals surface area contributed by atoms with Crippen LogP contribution in [0, 0.1) is 6.92 Å². The number of amides is 1. The summed E-state index contributed by atoms with van der Waals surface area (Å²) in [4.78, 5) is 25.7. The van der Waals surface area contributed by atoms with Gasteiger partial charge in [-0.1, -0.05) is 20.8 Å². The molecule has 0 saturated carbocycles. The van der Waals surface area contributed by atoms with E-state index in [1.807, 2.05) is 13.8 Å². The molecule has 1 aromatic rings. The molecule has 1 unspecified atom stereocenters. The number of hydrogen-bond donors (Lipinski definition) is 1. The molecule has 1 fully saturated rings. The van der Waals surface area contributed by atoms with Gasteiger partial charge < -0.3 is 10.2 Å². The van der Waals surface area contributed by atoms with Gasteiger partial charge in [-0.3, -0.25) is 9.69 Å². The first-order valence-corrected chi connectivity index (χ1v) is 9.01. The van der Waals surface area contributed by atoms with Gasteiger partial charge in [0.2, 0.25) is 5.91 Å². The number of nitrogens with one attached hydrogen (secondary N) is 1. The summed E-state index contributed by atoms with van der Waals surface area (Å²) in [6.45, 7) is 14.4. The largest absolute Gasteiger partial charge is 0.354 e. The summed E-state index contributed by atoms with van der Waals surface area (Å²) in [7, 11) is 0. The maximum absolute atomic E-state index is 12.0. The number of piperazine rings is 1. The molecular weight excluding hydrogens is 302 g/mol. The first-order chi connectivity index (χ1) is 11.4. The highest BCUT2D eigenvalue weighted by Gasteiger charge is 2.21. The summed E-state index contributed by atoms with van der Waals surface area (Å²) in [5.74, 6) is 2.36. The van der Waals surface area contributed by atoms with Gasteiger partial charge in [-0.15, -0.1) is 0 Å². The van der Waals surface area contributed by atoms with Crippen molar-refractivity contribution in [2.75, 3.05) is 37.6 Å². The second kappa shape index (κ2) is 8.42. The van der Waals surface area contributed by atoms with Gasteiger partial charge in [0.25, 0.3) is 0 Å². The Balaban J connectivity index is 1.90. The Morgan fingerprint density at radius 1 is 1.21 bits per heavy atom. The minimum Gasteiger partial charge on any atom is -0.354 e.